The van der Waals surface area contributed by atoms with Crippen LogP contribution in [0.5, 0.6) is 0 Å². The van der Waals surface area contributed by atoms with Gasteiger partial charge in [-0.1, -0.05) is 200 Å². The predicted octanol–water partition coefficient (Wildman–Crippen LogP) is 16.3. The zero-order valence-corrected chi connectivity index (χ0v) is 34.6. The lowest BCUT2D eigenvalue weighted by molar-refractivity contribution is 0.752. The summed E-state index contributed by atoms with van der Waals surface area (Å²) in [6, 6.07) is 93.4. The van der Waals surface area contributed by atoms with Gasteiger partial charge in [0.05, 0.1) is 28.2 Å². The van der Waals surface area contributed by atoms with Crippen molar-refractivity contribution in [3.8, 4) is 44.5 Å². The van der Waals surface area contributed by atoms with E-state index in [1.807, 2.05) is 0 Å². The van der Waals surface area contributed by atoms with Crippen molar-refractivity contribution in [2.45, 2.75) is 5.41 Å². The van der Waals surface area contributed by atoms with Crippen molar-refractivity contribution in [3.05, 3.63) is 277 Å². The lowest BCUT2D eigenvalue weighted by Crippen LogP contribution is -2.36. The first-order valence-electron chi connectivity index (χ1n) is 21.8. The molecule has 0 radical (unpaired) electrons. The van der Waals surface area contributed by atoms with Crippen LogP contribution >= 0.6 is 0 Å². The fourth-order valence-corrected chi connectivity index (χ4v) is 10.4. The minimum Gasteiger partial charge on any atom is -0.310 e. The third kappa shape index (κ3) is 5.80. The Morgan fingerprint density at radius 2 is 0.762 bits per heavy atom. The molecule has 2 aliphatic rings. The van der Waals surface area contributed by atoms with Crippen molar-refractivity contribution < 1.29 is 0 Å². The van der Waals surface area contributed by atoms with Gasteiger partial charge in [0.15, 0.2) is 0 Å². The number of hydrogen-bond donors (Lipinski definition) is 0. The van der Waals surface area contributed by atoms with Crippen LogP contribution in [0, 0.1) is 0 Å². The second-order valence-corrected chi connectivity index (χ2v) is 16.4. The molecule has 296 valence electrons. The number of nitrogens with zero attached hydrogens (tertiary/aromatic N) is 2. The van der Waals surface area contributed by atoms with Crippen LogP contribution in [0.25, 0.3) is 44.5 Å². The summed E-state index contributed by atoms with van der Waals surface area (Å²) >= 11 is 0. The molecule has 0 amide bonds. The molecule has 10 aromatic carbocycles. The van der Waals surface area contributed by atoms with Crippen molar-refractivity contribution in [3.63, 3.8) is 0 Å². The topological polar surface area (TPSA) is 6.48 Å². The molecule has 0 saturated carbocycles. The van der Waals surface area contributed by atoms with Crippen LogP contribution in [0.4, 0.5) is 34.1 Å². The molecule has 0 aromatic heterocycles. The van der Waals surface area contributed by atoms with Gasteiger partial charge in [-0.15, -0.1) is 0 Å². The molecule has 12 rings (SSSR count). The van der Waals surface area contributed by atoms with Gasteiger partial charge in [-0.2, -0.15) is 0 Å². The van der Waals surface area contributed by atoms with Gasteiger partial charge in [0.2, 0.25) is 0 Å². The zero-order valence-electron chi connectivity index (χ0n) is 34.6. The van der Waals surface area contributed by atoms with Crippen LogP contribution in [0.3, 0.4) is 0 Å². The average molecular weight is 803 g/mol. The van der Waals surface area contributed by atoms with Gasteiger partial charge in [0, 0.05) is 22.5 Å². The summed E-state index contributed by atoms with van der Waals surface area (Å²) in [4.78, 5) is 4.96. The van der Waals surface area contributed by atoms with Crippen LogP contribution in [0.2, 0.25) is 0 Å². The van der Waals surface area contributed by atoms with Gasteiger partial charge in [-0.25, -0.2) is 0 Å². The van der Waals surface area contributed by atoms with Crippen molar-refractivity contribution in [2.75, 3.05) is 9.80 Å². The van der Waals surface area contributed by atoms with E-state index >= 15 is 0 Å². The summed E-state index contributed by atoms with van der Waals surface area (Å²) in [6.45, 7) is 0. The van der Waals surface area contributed by atoms with E-state index in [2.05, 4.69) is 265 Å². The highest BCUT2D eigenvalue weighted by atomic mass is 15.2. The van der Waals surface area contributed by atoms with E-state index in [4.69, 9.17) is 0 Å². The zero-order chi connectivity index (χ0) is 41.7. The van der Waals surface area contributed by atoms with Gasteiger partial charge in [0.1, 0.15) is 0 Å². The molecule has 0 saturated heterocycles. The van der Waals surface area contributed by atoms with Crippen molar-refractivity contribution in [1.29, 1.82) is 0 Å². The molecule has 1 aliphatic carbocycles. The maximum Gasteiger partial charge on any atom is 0.0755 e. The maximum atomic E-state index is 2.52. The van der Waals surface area contributed by atoms with Crippen LogP contribution in [-0.2, 0) is 5.41 Å². The van der Waals surface area contributed by atoms with E-state index in [9.17, 15) is 0 Å². The number of para-hydroxylation sites is 4. The van der Waals surface area contributed by atoms with Crippen LogP contribution < -0.4 is 9.80 Å². The van der Waals surface area contributed by atoms with Crippen molar-refractivity contribution >= 4 is 34.1 Å². The van der Waals surface area contributed by atoms with Gasteiger partial charge < -0.3 is 9.80 Å². The van der Waals surface area contributed by atoms with Gasteiger partial charge in [0.25, 0.3) is 0 Å². The lowest BCUT2D eigenvalue weighted by atomic mass is 9.64. The molecule has 63 heavy (non-hydrogen) atoms. The molecular formula is C61H42N2. The first kappa shape index (κ1) is 36.6. The summed E-state index contributed by atoms with van der Waals surface area (Å²) in [5, 5.41) is 0. The maximum absolute atomic E-state index is 2.52. The fraction of sp³-hybridized carbons (Fsp3) is 0.0164. The number of rotatable bonds is 7. The summed E-state index contributed by atoms with van der Waals surface area (Å²) in [6.07, 6.45) is 0. The molecule has 1 spiro atoms. The minimum atomic E-state index is -0.582. The van der Waals surface area contributed by atoms with E-state index in [1.165, 1.54) is 67.0 Å². The Labute approximate surface area is 369 Å². The van der Waals surface area contributed by atoms with Gasteiger partial charge in [-0.3, -0.25) is 0 Å². The molecule has 0 atom stereocenters. The molecule has 10 aromatic rings. The largest absolute Gasteiger partial charge is 0.310 e. The van der Waals surface area contributed by atoms with Crippen molar-refractivity contribution in [1.82, 2.24) is 0 Å². The highest BCUT2D eigenvalue weighted by Crippen LogP contribution is 2.65. The summed E-state index contributed by atoms with van der Waals surface area (Å²) < 4.78 is 0. The van der Waals surface area contributed by atoms with Gasteiger partial charge in [-0.05, 0) is 110 Å². The first-order chi connectivity index (χ1) is 31.3. The minimum absolute atomic E-state index is 0.582. The third-order valence-electron chi connectivity index (χ3n) is 13.0. The first-order valence-corrected chi connectivity index (χ1v) is 21.8. The van der Waals surface area contributed by atoms with E-state index in [0.29, 0.717) is 0 Å². The van der Waals surface area contributed by atoms with Gasteiger partial charge >= 0.3 is 0 Å². The second kappa shape index (κ2) is 15.1. The molecule has 0 fully saturated rings. The van der Waals surface area contributed by atoms with Crippen LogP contribution in [-0.4, -0.2) is 0 Å². The highest BCUT2D eigenvalue weighted by molar-refractivity contribution is 6.02. The molecule has 2 nitrogen and oxygen atoms in total. The smallest absolute Gasteiger partial charge is 0.0755 e. The SMILES string of the molecule is c1ccc(-c2cccc(-c3ccccc3N(c3cccc(-c4ccccc4)c3)c3cccc4c3-c3ccccc3C43c4ccccc4N(c4ccccc4)c4ccccc43)c2)cc1. The third-order valence-corrected chi connectivity index (χ3v) is 13.0. The van der Waals surface area contributed by atoms with Crippen LogP contribution in [0.1, 0.15) is 22.3 Å². The number of anilines is 6. The Morgan fingerprint density at radius 3 is 1.44 bits per heavy atom. The quantitative estimate of drug-likeness (QED) is 0.158. The average Bonchev–Trinajstić information content (AvgIpc) is 3.66. The lowest BCUT2D eigenvalue weighted by Gasteiger charge is -2.45. The second-order valence-electron chi connectivity index (χ2n) is 16.4. The number of fused-ring (bicyclic) bond motifs is 9. The van der Waals surface area contributed by atoms with E-state index in [1.54, 1.807) is 0 Å². The summed E-state index contributed by atoms with van der Waals surface area (Å²) in [5.74, 6) is 0. The van der Waals surface area contributed by atoms with Crippen molar-refractivity contribution in [2.24, 2.45) is 0 Å². The molecule has 1 aliphatic heterocycles. The predicted molar refractivity (Wildman–Crippen MR) is 263 cm³/mol. The molecule has 2 heteroatoms. The summed E-state index contributed by atoms with van der Waals surface area (Å²) in [7, 11) is 0. The van der Waals surface area contributed by atoms with E-state index in [0.717, 1.165) is 33.9 Å². The Kier molecular flexibility index (Phi) is 8.76. The van der Waals surface area contributed by atoms with E-state index < -0.39 is 5.41 Å². The number of benzene rings is 10. The van der Waals surface area contributed by atoms with E-state index in [-0.39, 0.29) is 0 Å². The molecule has 0 N–H and O–H groups in total. The molecular weight excluding hydrogens is 761 g/mol. The molecule has 0 unspecified atom stereocenters. The Balaban J connectivity index is 1.14. The van der Waals surface area contributed by atoms with Crippen LogP contribution in [0.15, 0.2) is 255 Å². The standard InChI is InChI=1S/C61H42N2/c1-4-21-43(22-5-1)45-25-18-27-47(41-45)50-31-11-15-37-56(50)63(49-30-19-26-46(42-49)44-23-6-2-7-24-44)59-40-20-36-55-60(59)51-32-10-12-33-52(51)61(55)53-34-13-16-38-57(53)62(48-28-8-3-9-29-48)58-39-17-14-35-54(58)61/h1-42H. The fourth-order valence-electron chi connectivity index (χ4n) is 10.4. The monoisotopic (exact) mass is 802 g/mol. The Hall–Kier alpha value is -8.20. The molecule has 1 heterocycles. The Morgan fingerprint density at radius 1 is 0.302 bits per heavy atom. The molecule has 0 bridgehead atoms. The summed E-state index contributed by atoms with van der Waals surface area (Å²) in [5.41, 5.74) is 20.9. The number of hydrogen-bond acceptors (Lipinski definition) is 2. The Bertz CT molecular complexity index is 3250. The highest BCUT2D eigenvalue weighted by Gasteiger charge is 2.52. The normalized spacial score (nSPS) is 12.9.